The number of rotatable bonds is 1. The van der Waals surface area contributed by atoms with E-state index in [0.717, 1.165) is 12.1 Å². The Kier molecular flexibility index (Phi) is 3.91. The van der Waals surface area contributed by atoms with E-state index in [-0.39, 0.29) is 12.1 Å². The Bertz CT molecular complexity index is 426. The SMILES string of the molecule is CNCC#Cc1cc(F)ccc1C(F)(F)F. The van der Waals surface area contributed by atoms with Gasteiger partial charge in [0, 0.05) is 5.56 Å². The van der Waals surface area contributed by atoms with Crippen molar-refractivity contribution >= 4 is 0 Å². The topological polar surface area (TPSA) is 12.0 Å². The Morgan fingerprint density at radius 3 is 2.56 bits per heavy atom. The minimum Gasteiger partial charge on any atom is -0.309 e. The highest BCUT2D eigenvalue weighted by Crippen LogP contribution is 2.31. The lowest BCUT2D eigenvalue weighted by Gasteiger charge is -2.08. The predicted molar refractivity (Wildman–Crippen MR) is 52.2 cm³/mol. The quantitative estimate of drug-likeness (QED) is 0.578. The third kappa shape index (κ3) is 3.24. The summed E-state index contributed by atoms with van der Waals surface area (Å²) in [5.41, 5.74) is -1.26. The lowest BCUT2D eigenvalue weighted by molar-refractivity contribution is -0.137. The molecule has 0 aliphatic rings. The summed E-state index contributed by atoms with van der Waals surface area (Å²) >= 11 is 0. The van der Waals surface area contributed by atoms with Gasteiger partial charge in [0.05, 0.1) is 12.1 Å². The van der Waals surface area contributed by atoms with E-state index in [4.69, 9.17) is 0 Å². The molecule has 0 saturated heterocycles. The largest absolute Gasteiger partial charge is 0.417 e. The number of halogens is 4. The van der Waals surface area contributed by atoms with Crippen LogP contribution < -0.4 is 5.32 Å². The van der Waals surface area contributed by atoms with E-state index in [0.29, 0.717) is 6.07 Å². The van der Waals surface area contributed by atoms with E-state index in [2.05, 4.69) is 17.2 Å². The third-order valence-corrected chi connectivity index (χ3v) is 1.78. The van der Waals surface area contributed by atoms with E-state index < -0.39 is 17.6 Å². The van der Waals surface area contributed by atoms with Crippen molar-refractivity contribution < 1.29 is 17.6 Å². The van der Waals surface area contributed by atoms with Crippen LogP contribution in [0.25, 0.3) is 0 Å². The molecule has 1 rings (SSSR count). The van der Waals surface area contributed by atoms with Gasteiger partial charge in [-0.3, -0.25) is 0 Å². The summed E-state index contributed by atoms with van der Waals surface area (Å²) in [6, 6.07) is 2.25. The van der Waals surface area contributed by atoms with E-state index in [9.17, 15) is 17.6 Å². The highest BCUT2D eigenvalue weighted by molar-refractivity contribution is 5.43. The van der Waals surface area contributed by atoms with E-state index in [1.54, 1.807) is 7.05 Å². The standard InChI is InChI=1S/C11H9F4N/c1-16-6-2-3-8-7-9(12)4-5-10(8)11(13,14)15/h4-5,7,16H,6H2,1H3. The third-order valence-electron chi connectivity index (χ3n) is 1.78. The molecule has 0 amide bonds. The van der Waals surface area contributed by atoms with Crippen LogP contribution in [0.15, 0.2) is 18.2 Å². The molecule has 0 bridgehead atoms. The first-order valence-corrected chi connectivity index (χ1v) is 4.45. The van der Waals surface area contributed by atoms with Crippen LogP contribution in [0.1, 0.15) is 11.1 Å². The molecule has 0 spiro atoms. The second-order valence-electron chi connectivity index (χ2n) is 3.02. The van der Waals surface area contributed by atoms with Crippen LogP contribution in [0.3, 0.4) is 0 Å². The Balaban J connectivity index is 3.15. The van der Waals surface area contributed by atoms with E-state index in [1.165, 1.54) is 0 Å². The first-order valence-electron chi connectivity index (χ1n) is 4.45. The van der Waals surface area contributed by atoms with Gasteiger partial charge >= 0.3 is 6.18 Å². The fraction of sp³-hybridized carbons (Fsp3) is 0.273. The van der Waals surface area contributed by atoms with E-state index in [1.807, 2.05) is 0 Å². The zero-order chi connectivity index (χ0) is 12.2. The first-order chi connectivity index (χ1) is 7.45. The number of hydrogen-bond acceptors (Lipinski definition) is 1. The summed E-state index contributed by atoms with van der Waals surface area (Å²) in [5.74, 6) is 4.02. The molecule has 0 aromatic heterocycles. The molecule has 0 heterocycles. The number of benzene rings is 1. The molecule has 5 heteroatoms. The molecule has 0 aliphatic carbocycles. The van der Waals surface area contributed by atoms with E-state index >= 15 is 0 Å². The Morgan fingerprint density at radius 1 is 1.31 bits per heavy atom. The van der Waals surface area contributed by atoms with Gasteiger partial charge in [0.2, 0.25) is 0 Å². The highest BCUT2D eigenvalue weighted by Gasteiger charge is 2.33. The van der Waals surface area contributed by atoms with Crippen molar-refractivity contribution in [1.29, 1.82) is 0 Å². The minimum absolute atomic E-state index is 0.244. The first kappa shape index (κ1) is 12.5. The normalized spacial score (nSPS) is 10.8. The second-order valence-corrected chi connectivity index (χ2v) is 3.02. The van der Waals surface area contributed by atoms with Crippen LogP contribution in [0, 0.1) is 17.7 Å². The molecule has 0 radical (unpaired) electrons. The zero-order valence-corrected chi connectivity index (χ0v) is 8.45. The van der Waals surface area contributed by atoms with Gasteiger partial charge < -0.3 is 5.32 Å². The predicted octanol–water partition coefficient (Wildman–Crippen LogP) is 2.42. The Hall–Kier alpha value is -1.54. The molecule has 0 aliphatic heterocycles. The van der Waals surface area contributed by atoms with Crippen molar-refractivity contribution in [2.45, 2.75) is 6.18 Å². The van der Waals surface area contributed by atoms with Crippen LogP contribution in [0.2, 0.25) is 0 Å². The molecule has 1 aromatic carbocycles. The van der Waals surface area contributed by atoms with Gasteiger partial charge in [-0.15, -0.1) is 0 Å². The molecule has 0 unspecified atom stereocenters. The van der Waals surface area contributed by atoms with Gasteiger partial charge in [0.1, 0.15) is 5.82 Å². The zero-order valence-electron chi connectivity index (χ0n) is 8.45. The molecule has 0 saturated carbocycles. The van der Waals surface area contributed by atoms with Crippen LogP contribution >= 0.6 is 0 Å². The van der Waals surface area contributed by atoms with Crippen molar-refractivity contribution in [1.82, 2.24) is 5.32 Å². The monoisotopic (exact) mass is 231 g/mol. The van der Waals surface area contributed by atoms with Crippen LogP contribution in [0.5, 0.6) is 0 Å². The lowest BCUT2D eigenvalue weighted by Crippen LogP contribution is -2.08. The van der Waals surface area contributed by atoms with Crippen LogP contribution in [0.4, 0.5) is 17.6 Å². The fourth-order valence-corrected chi connectivity index (χ4v) is 1.09. The Labute approximate surface area is 90.5 Å². The smallest absolute Gasteiger partial charge is 0.309 e. The lowest BCUT2D eigenvalue weighted by atomic mass is 10.1. The molecule has 0 fully saturated rings. The summed E-state index contributed by atoms with van der Waals surface area (Å²) < 4.78 is 50.2. The minimum atomic E-state index is -4.52. The van der Waals surface area contributed by atoms with Crippen molar-refractivity contribution in [3.8, 4) is 11.8 Å². The molecule has 0 atom stereocenters. The van der Waals surface area contributed by atoms with Crippen LogP contribution in [-0.2, 0) is 6.18 Å². The van der Waals surface area contributed by atoms with Gasteiger partial charge in [0.15, 0.2) is 0 Å². The molecule has 1 nitrogen and oxygen atoms in total. The summed E-state index contributed by atoms with van der Waals surface area (Å²) in [6.45, 7) is 0.244. The molecule has 1 aromatic rings. The van der Waals surface area contributed by atoms with Gasteiger partial charge in [-0.05, 0) is 25.2 Å². The van der Waals surface area contributed by atoms with Crippen LogP contribution in [-0.4, -0.2) is 13.6 Å². The molecular weight excluding hydrogens is 222 g/mol. The maximum Gasteiger partial charge on any atom is 0.417 e. The highest BCUT2D eigenvalue weighted by atomic mass is 19.4. The molecule has 86 valence electrons. The maximum absolute atomic E-state index is 12.8. The second kappa shape index (κ2) is 4.99. The summed E-state index contributed by atoms with van der Waals surface area (Å²) in [7, 11) is 1.62. The molecule has 1 N–H and O–H groups in total. The summed E-state index contributed by atoms with van der Waals surface area (Å²) in [4.78, 5) is 0. The van der Waals surface area contributed by atoms with Crippen molar-refractivity contribution in [2.24, 2.45) is 0 Å². The summed E-state index contributed by atoms with van der Waals surface area (Å²) in [6.07, 6.45) is -4.52. The van der Waals surface area contributed by atoms with Gasteiger partial charge in [-0.2, -0.15) is 13.2 Å². The summed E-state index contributed by atoms with van der Waals surface area (Å²) in [5, 5.41) is 2.66. The van der Waals surface area contributed by atoms with Crippen molar-refractivity contribution in [3.63, 3.8) is 0 Å². The Morgan fingerprint density at radius 2 is 2.00 bits per heavy atom. The number of hydrogen-bond donors (Lipinski definition) is 1. The van der Waals surface area contributed by atoms with Crippen molar-refractivity contribution in [3.05, 3.63) is 35.1 Å². The number of alkyl halides is 3. The molecule has 16 heavy (non-hydrogen) atoms. The van der Waals surface area contributed by atoms with Gasteiger partial charge in [0.25, 0.3) is 0 Å². The number of nitrogens with one attached hydrogen (secondary N) is 1. The molecular formula is C11H9F4N. The average molecular weight is 231 g/mol. The van der Waals surface area contributed by atoms with Gasteiger partial charge in [-0.1, -0.05) is 11.8 Å². The fourth-order valence-electron chi connectivity index (χ4n) is 1.09. The van der Waals surface area contributed by atoms with Crippen molar-refractivity contribution in [2.75, 3.05) is 13.6 Å². The average Bonchev–Trinajstić information content (AvgIpc) is 2.16. The maximum atomic E-state index is 12.8. The van der Waals surface area contributed by atoms with Gasteiger partial charge in [-0.25, -0.2) is 4.39 Å².